The van der Waals surface area contributed by atoms with Gasteiger partial charge in [-0.2, -0.15) is 0 Å². The highest BCUT2D eigenvalue weighted by Crippen LogP contribution is 2.20. The van der Waals surface area contributed by atoms with Gasteiger partial charge in [-0.05, 0) is 26.2 Å². The summed E-state index contributed by atoms with van der Waals surface area (Å²) in [5, 5.41) is 0. The molecule has 1 saturated heterocycles. The summed E-state index contributed by atoms with van der Waals surface area (Å²) in [5.41, 5.74) is 10.7. The van der Waals surface area contributed by atoms with Crippen LogP contribution in [0.2, 0.25) is 0 Å². The molecule has 16 heavy (non-hydrogen) atoms. The largest absolute Gasteiger partial charge is 0.370 e. The Labute approximate surface area is 102 Å². The van der Waals surface area contributed by atoms with Crippen molar-refractivity contribution in [2.75, 3.05) is 6.54 Å². The van der Waals surface area contributed by atoms with Crippen LogP contribution in [0.3, 0.4) is 0 Å². The number of amides is 2. The van der Waals surface area contributed by atoms with Gasteiger partial charge in [0.25, 0.3) is 0 Å². The first kappa shape index (κ1) is 15.2. The van der Waals surface area contributed by atoms with Crippen molar-refractivity contribution in [1.29, 1.82) is 0 Å². The van der Waals surface area contributed by atoms with E-state index in [0.717, 1.165) is 19.3 Å². The Morgan fingerprint density at radius 3 is 2.56 bits per heavy atom. The van der Waals surface area contributed by atoms with Gasteiger partial charge in [0.2, 0.25) is 11.8 Å². The Morgan fingerprint density at radius 2 is 2.06 bits per heavy atom. The van der Waals surface area contributed by atoms with Crippen molar-refractivity contribution in [2.45, 2.75) is 44.7 Å². The third-order valence-electron chi connectivity index (χ3n) is 2.74. The van der Waals surface area contributed by atoms with E-state index in [0.29, 0.717) is 6.54 Å². The van der Waals surface area contributed by atoms with Gasteiger partial charge in [0.05, 0.1) is 6.04 Å². The molecule has 4 N–H and O–H groups in total. The zero-order chi connectivity index (χ0) is 11.4. The van der Waals surface area contributed by atoms with E-state index in [-0.39, 0.29) is 36.7 Å². The van der Waals surface area contributed by atoms with Crippen LogP contribution in [0.25, 0.3) is 0 Å². The minimum atomic E-state index is -0.501. The van der Waals surface area contributed by atoms with Crippen LogP contribution >= 0.6 is 12.4 Å². The van der Waals surface area contributed by atoms with Crippen LogP contribution in [0.4, 0.5) is 0 Å². The summed E-state index contributed by atoms with van der Waals surface area (Å²) in [6.07, 6.45) is 3.12. The topological polar surface area (TPSA) is 89.4 Å². The molecule has 5 nitrogen and oxygen atoms in total. The van der Waals surface area contributed by atoms with Gasteiger partial charge in [-0.1, -0.05) is 0 Å². The smallest absolute Gasteiger partial charge is 0.239 e. The lowest BCUT2D eigenvalue weighted by molar-refractivity contribution is -0.136. The molecule has 1 aliphatic rings. The van der Waals surface area contributed by atoms with Gasteiger partial charge in [-0.25, -0.2) is 0 Å². The molecule has 0 aromatic heterocycles. The molecule has 0 saturated carbocycles. The van der Waals surface area contributed by atoms with Crippen molar-refractivity contribution in [3.8, 4) is 0 Å². The van der Waals surface area contributed by atoms with Gasteiger partial charge in [0.15, 0.2) is 0 Å². The molecule has 6 heteroatoms. The molecule has 94 valence electrons. The second-order valence-corrected chi connectivity index (χ2v) is 4.14. The minimum absolute atomic E-state index is 0. The molecule has 0 bridgehead atoms. The van der Waals surface area contributed by atoms with Crippen molar-refractivity contribution in [3.05, 3.63) is 0 Å². The number of primary amides is 1. The summed E-state index contributed by atoms with van der Waals surface area (Å²) in [6.45, 7) is 2.36. The van der Waals surface area contributed by atoms with Crippen LogP contribution in [0.5, 0.6) is 0 Å². The maximum atomic E-state index is 11.7. The fraction of sp³-hybridized carbons (Fsp3) is 0.800. The Balaban J connectivity index is 0.00000225. The lowest BCUT2D eigenvalue weighted by atomic mass is 9.98. The van der Waals surface area contributed by atoms with Crippen molar-refractivity contribution < 1.29 is 9.59 Å². The van der Waals surface area contributed by atoms with Crippen molar-refractivity contribution >= 4 is 24.2 Å². The summed E-state index contributed by atoms with van der Waals surface area (Å²) >= 11 is 0. The van der Waals surface area contributed by atoms with Gasteiger partial charge >= 0.3 is 0 Å². The highest BCUT2D eigenvalue weighted by molar-refractivity contribution is 5.85. The second kappa shape index (κ2) is 6.70. The molecule has 0 aromatic rings. The zero-order valence-corrected chi connectivity index (χ0v) is 10.3. The van der Waals surface area contributed by atoms with E-state index in [1.807, 2.05) is 0 Å². The third-order valence-corrected chi connectivity index (χ3v) is 2.74. The standard InChI is InChI=1S/C10H19N3O2.ClH/c1-7(11)10(15)13-5-3-2-4-8(13)6-9(12)14;/h7-8H,2-6,11H2,1H3,(H2,12,14);1H/t7-,8?;/m0./s1. The van der Waals surface area contributed by atoms with Gasteiger partial charge in [-0.3, -0.25) is 9.59 Å². The predicted molar refractivity (Wildman–Crippen MR) is 64.1 cm³/mol. The maximum Gasteiger partial charge on any atom is 0.239 e. The van der Waals surface area contributed by atoms with Crippen molar-refractivity contribution in [2.24, 2.45) is 11.5 Å². The quantitative estimate of drug-likeness (QED) is 0.739. The van der Waals surface area contributed by atoms with Crippen molar-refractivity contribution in [1.82, 2.24) is 4.90 Å². The molecule has 0 radical (unpaired) electrons. The molecule has 1 fully saturated rings. The first-order valence-electron chi connectivity index (χ1n) is 5.36. The summed E-state index contributed by atoms with van der Waals surface area (Å²) in [5.74, 6) is -0.440. The number of hydrogen-bond donors (Lipinski definition) is 2. The Kier molecular flexibility index (Phi) is 6.36. The van der Waals surface area contributed by atoms with Crippen LogP contribution in [-0.2, 0) is 9.59 Å². The number of carbonyl (C=O) groups is 2. The highest BCUT2D eigenvalue weighted by atomic mass is 35.5. The predicted octanol–water partition coefficient (Wildman–Crippen LogP) is 0.0119. The SMILES string of the molecule is C[C@H](N)C(=O)N1CCCCC1CC(N)=O.Cl. The van der Waals surface area contributed by atoms with E-state index in [4.69, 9.17) is 11.5 Å². The van der Waals surface area contributed by atoms with E-state index in [9.17, 15) is 9.59 Å². The normalized spacial score (nSPS) is 22.1. The highest BCUT2D eigenvalue weighted by Gasteiger charge is 2.29. The summed E-state index contributed by atoms with van der Waals surface area (Å²) in [4.78, 5) is 24.3. The van der Waals surface area contributed by atoms with Crippen LogP contribution in [0.15, 0.2) is 0 Å². The van der Waals surface area contributed by atoms with Crippen molar-refractivity contribution in [3.63, 3.8) is 0 Å². The lowest BCUT2D eigenvalue weighted by Crippen LogP contribution is -2.50. The number of carbonyl (C=O) groups excluding carboxylic acids is 2. The third kappa shape index (κ3) is 3.98. The molecule has 1 rings (SSSR count). The molecule has 0 aromatic carbocycles. The van der Waals surface area contributed by atoms with Gasteiger partial charge < -0.3 is 16.4 Å². The van der Waals surface area contributed by atoms with Crippen LogP contribution in [-0.4, -0.2) is 35.3 Å². The van der Waals surface area contributed by atoms with Crippen LogP contribution < -0.4 is 11.5 Å². The number of nitrogens with two attached hydrogens (primary N) is 2. The first-order chi connectivity index (χ1) is 7.02. The monoisotopic (exact) mass is 249 g/mol. The number of likely N-dealkylation sites (tertiary alicyclic amines) is 1. The van der Waals surface area contributed by atoms with Gasteiger partial charge in [-0.15, -0.1) is 12.4 Å². The number of piperidine rings is 1. The minimum Gasteiger partial charge on any atom is -0.370 e. The second-order valence-electron chi connectivity index (χ2n) is 4.14. The fourth-order valence-electron chi connectivity index (χ4n) is 2.00. The lowest BCUT2D eigenvalue weighted by Gasteiger charge is -2.36. The van der Waals surface area contributed by atoms with Crippen LogP contribution in [0, 0.1) is 0 Å². The molecule has 1 aliphatic heterocycles. The molecule has 0 spiro atoms. The average molecular weight is 250 g/mol. The number of halogens is 1. The van der Waals surface area contributed by atoms with E-state index in [1.165, 1.54) is 0 Å². The zero-order valence-electron chi connectivity index (χ0n) is 9.52. The molecular weight excluding hydrogens is 230 g/mol. The number of rotatable bonds is 3. The van der Waals surface area contributed by atoms with Gasteiger partial charge in [0, 0.05) is 19.0 Å². The van der Waals surface area contributed by atoms with E-state index in [2.05, 4.69) is 0 Å². The van der Waals surface area contributed by atoms with Crippen LogP contribution in [0.1, 0.15) is 32.6 Å². The first-order valence-corrected chi connectivity index (χ1v) is 5.36. The van der Waals surface area contributed by atoms with E-state index in [1.54, 1.807) is 11.8 Å². The summed E-state index contributed by atoms with van der Waals surface area (Å²) in [6, 6.07) is -0.548. The molecule has 2 atom stereocenters. The number of hydrogen-bond acceptors (Lipinski definition) is 3. The number of nitrogens with zero attached hydrogens (tertiary/aromatic N) is 1. The molecule has 0 aliphatic carbocycles. The molecule has 1 heterocycles. The molecule has 1 unspecified atom stereocenters. The Morgan fingerprint density at radius 1 is 1.44 bits per heavy atom. The maximum absolute atomic E-state index is 11.7. The molecule has 2 amide bonds. The fourth-order valence-corrected chi connectivity index (χ4v) is 2.00. The Hall–Kier alpha value is -0.810. The van der Waals surface area contributed by atoms with Gasteiger partial charge in [0.1, 0.15) is 0 Å². The summed E-state index contributed by atoms with van der Waals surface area (Å²) in [7, 11) is 0. The summed E-state index contributed by atoms with van der Waals surface area (Å²) < 4.78 is 0. The molecular formula is C10H20ClN3O2. The average Bonchev–Trinajstić information content (AvgIpc) is 2.16. The van der Waals surface area contributed by atoms with E-state index < -0.39 is 6.04 Å². The van der Waals surface area contributed by atoms with E-state index >= 15 is 0 Å². The Bertz CT molecular complexity index is 258.